The molecule has 1 heterocycles. The van der Waals surface area contributed by atoms with Gasteiger partial charge in [-0.3, -0.25) is 5.10 Å². The van der Waals surface area contributed by atoms with Crippen molar-refractivity contribution in [3.8, 4) is 17.0 Å². The van der Waals surface area contributed by atoms with Gasteiger partial charge in [0.1, 0.15) is 11.6 Å². The number of ether oxygens (including phenoxy) is 1. The van der Waals surface area contributed by atoms with Crippen molar-refractivity contribution in [1.29, 1.82) is 0 Å². The molecule has 0 unspecified atom stereocenters. The second-order valence-corrected chi connectivity index (χ2v) is 3.57. The summed E-state index contributed by atoms with van der Waals surface area (Å²) in [5, 5.41) is 6.90. The van der Waals surface area contributed by atoms with Crippen LogP contribution >= 0.6 is 0 Å². The summed E-state index contributed by atoms with van der Waals surface area (Å²) in [6.07, 6.45) is 0. The molecule has 4 heteroatoms. The molecule has 84 valence electrons. The van der Waals surface area contributed by atoms with Gasteiger partial charge in [0, 0.05) is 11.1 Å². The van der Waals surface area contributed by atoms with E-state index in [-0.39, 0.29) is 0 Å². The summed E-state index contributed by atoms with van der Waals surface area (Å²) < 4.78 is 5.38. The van der Waals surface area contributed by atoms with Crippen LogP contribution in [0.2, 0.25) is 0 Å². The topological polar surface area (TPSA) is 63.9 Å². The highest BCUT2D eigenvalue weighted by Gasteiger charge is 2.07. The summed E-state index contributed by atoms with van der Waals surface area (Å²) in [5.41, 5.74) is 8.68. The Morgan fingerprint density at radius 3 is 2.50 bits per heavy atom. The number of nitrogens with two attached hydrogens (primary N) is 1. The fourth-order valence-electron chi connectivity index (χ4n) is 1.58. The fourth-order valence-corrected chi connectivity index (χ4v) is 1.58. The summed E-state index contributed by atoms with van der Waals surface area (Å²) in [4.78, 5) is 0. The van der Waals surface area contributed by atoms with E-state index < -0.39 is 0 Å². The number of nitrogens with one attached hydrogen (secondary N) is 1. The maximum absolute atomic E-state index is 5.69. The van der Waals surface area contributed by atoms with Gasteiger partial charge >= 0.3 is 0 Å². The van der Waals surface area contributed by atoms with Crippen molar-refractivity contribution in [2.24, 2.45) is 0 Å². The van der Waals surface area contributed by atoms with Gasteiger partial charge in [-0.1, -0.05) is 0 Å². The molecule has 0 aliphatic carbocycles. The Labute approximate surface area is 94.4 Å². The van der Waals surface area contributed by atoms with Gasteiger partial charge in [0.05, 0.1) is 12.3 Å². The zero-order valence-electron chi connectivity index (χ0n) is 9.45. The number of benzene rings is 1. The van der Waals surface area contributed by atoms with Crippen LogP contribution in [0.25, 0.3) is 11.3 Å². The molecule has 1 aromatic heterocycles. The molecule has 2 aromatic rings. The minimum absolute atomic E-state index is 0.545. The largest absolute Gasteiger partial charge is 0.494 e. The van der Waals surface area contributed by atoms with E-state index in [0.717, 1.165) is 22.6 Å². The zero-order chi connectivity index (χ0) is 11.5. The molecule has 0 amide bonds. The van der Waals surface area contributed by atoms with Gasteiger partial charge in [-0.25, -0.2) is 0 Å². The maximum atomic E-state index is 5.69. The molecule has 16 heavy (non-hydrogen) atoms. The van der Waals surface area contributed by atoms with Gasteiger partial charge in [0.15, 0.2) is 0 Å². The molecule has 0 spiro atoms. The van der Waals surface area contributed by atoms with Crippen LogP contribution in [0, 0.1) is 6.92 Å². The standard InChI is InChI=1S/C12H15N3O/c1-3-16-10-6-4-9(5-7-10)11-8(2)12(13)15-14-11/h4-7H,3H2,1-2H3,(H3,13,14,15). The summed E-state index contributed by atoms with van der Waals surface area (Å²) in [6, 6.07) is 7.86. The Balaban J connectivity index is 2.31. The van der Waals surface area contributed by atoms with Gasteiger partial charge < -0.3 is 10.5 Å². The molecule has 0 saturated carbocycles. The second-order valence-electron chi connectivity index (χ2n) is 3.57. The van der Waals surface area contributed by atoms with Crippen molar-refractivity contribution in [2.45, 2.75) is 13.8 Å². The predicted molar refractivity (Wildman–Crippen MR) is 64.3 cm³/mol. The first-order valence-electron chi connectivity index (χ1n) is 5.26. The minimum Gasteiger partial charge on any atom is -0.494 e. The number of nitrogens with zero attached hydrogens (tertiary/aromatic N) is 1. The van der Waals surface area contributed by atoms with Gasteiger partial charge in [-0.2, -0.15) is 5.10 Å². The average Bonchev–Trinajstić information content (AvgIpc) is 2.62. The van der Waals surface area contributed by atoms with E-state index >= 15 is 0 Å². The lowest BCUT2D eigenvalue weighted by Gasteiger charge is -2.04. The van der Waals surface area contributed by atoms with Crippen LogP contribution in [0.4, 0.5) is 5.82 Å². The van der Waals surface area contributed by atoms with Crippen LogP contribution in [0.3, 0.4) is 0 Å². The molecule has 0 aliphatic heterocycles. The van der Waals surface area contributed by atoms with Gasteiger partial charge in [-0.15, -0.1) is 0 Å². The molecule has 0 atom stereocenters. The number of aromatic nitrogens is 2. The van der Waals surface area contributed by atoms with Gasteiger partial charge in [-0.05, 0) is 38.1 Å². The molecule has 2 rings (SSSR count). The Hall–Kier alpha value is -1.97. The number of hydrogen-bond donors (Lipinski definition) is 2. The number of aromatic amines is 1. The third-order valence-corrected chi connectivity index (χ3v) is 2.50. The van der Waals surface area contributed by atoms with E-state index in [9.17, 15) is 0 Å². The first-order valence-corrected chi connectivity index (χ1v) is 5.26. The van der Waals surface area contributed by atoms with E-state index in [1.807, 2.05) is 38.1 Å². The van der Waals surface area contributed by atoms with E-state index in [1.165, 1.54) is 0 Å². The summed E-state index contributed by atoms with van der Waals surface area (Å²) in [7, 11) is 0. The summed E-state index contributed by atoms with van der Waals surface area (Å²) in [6.45, 7) is 4.59. The van der Waals surface area contributed by atoms with Crippen LogP contribution in [0.5, 0.6) is 5.75 Å². The Bertz CT molecular complexity index is 474. The first kappa shape index (κ1) is 10.5. The maximum Gasteiger partial charge on any atom is 0.148 e. The minimum atomic E-state index is 0.545. The first-order chi connectivity index (χ1) is 7.72. The number of rotatable bonds is 3. The molecular weight excluding hydrogens is 202 g/mol. The lowest BCUT2D eigenvalue weighted by Crippen LogP contribution is -1.91. The number of anilines is 1. The quantitative estimate of drug-likeness (QED) is 0.829. The fraction of sp³-hybridized carbons (Fsp3) is 0.250. The van der Waals surface area contributed by atoms with Crippen LogP contribution < -0.4 is 10.5 Å². The predicted octanol–water partition coefficient (Wildman–Crippen LogP) is 2.37. The highest BCUT2D eigenvalue weighted by molar-refractivity contribution is 5.67. The highest BCUT2D eigenvalue weighted by atomic mass is 16.5. The molecular formula is C12H15N3O. The molecule has 3 N–H and O–H groups in total. The monoisotopic (exact) mass is 217 g/mol. The van der Waals surface area contributed by atoms with Crippen LogP contribution in [0.15, 0.2) is 24.3 Å². The highest BCUT2D eigenvalue weighted by Crippen LogP contribution is 2.25. The average molecular weight is 217 g/mol. The SMILES string of the molecule is CCOc1ccc(-c2[nH]nc(N)c2C)cc1. The van der Waals surface area contributed by atoms with Crippen molar-refractivity contribution >= 4 is 5.82 Å². The smallest absolute Gasteiger partial charge is 0.148 e. The Kier molecular flexibility index (Phi) is 2.81. The van der Waals surface area contributed by atoms with E-state index in [2.05, 4.69) is 10.2 Å². The van der Waals surface area contributed by atoms with Crippen molar-refractivity contribution in [3.63, 3.8) is 0 Å². The molecule has 0 saturated heterocycles. The van der Waals surface area contributed by atoms with E-state index in [4.69, 9.17) is 10.5 Å². The molecule has 0 radical (unpaired) electrons. The van der Waals surface area contributed by atoms with E-state index in [1.54, 1.807) is 0 Å². The van der Waals surface area contributed by atoms with Gasteiger partial charge in [0.25, 0.3) is 0 Å². The summed E-state index contributed by atoms with van der Waals surface area (Å²) in [5.74, 6) is 1.42. The van der Waals surface area contributed by atoms with Crippen molar-refractivity contribution in [2.75, 3.05) is 12.3 Å². The Morgan fingerprint density at radius 1 is 1.31 bits per heavy atom. The number of H-pyrrole nitrogens is 1. The Morgan fingerprint density at radius 2 is 2.00 bits per heavy atom. The lowest BCUT2D eigenvalue weighted by atomic mass is 10.1. The molecule has 0 bridgehead atoms. The van der Waals surface area contributed by atoms with Crippen molar-refractivity contribution < 1.29 is 4.74 Å². The van der Waals surface area contributed by atoms with Gasteiger partial charge in [0.2, 0.25) is 0 Å². The third kappa shape index (κ3) is 1.86. The van der Waals surface area contributed by atoms with Crippen LogP contribution in [0.1, 0.15) is 12.5 Å². The molecule has 4 nitrogen and oxygen atoms in total. The lowest BCUT2D eigenvalue weighted by molar-refractivity contribution is 0.340. The number of hydrogen-bond acceptors (Lipinski definition) is 3. The third-order valence-electron chi connectivity index (χ3n) is 2.50. The number of nitrogen functional groups attached to an aromatic ring is 1. The van der Waals surface area contributed by atoms with Crippen molar-refractivity contribution in [3.05, 3.63) is 29.8 Å². The van der Waals surface area contributed by atoms with Crippen molar-refractivity contribution in [1.82, 2.24) is 10.2 Å². The van der Waals surface area contributed by atoms with Crippen LogP contribution in [-0.4, -0.2) is 16.8 Å². The molecule has 0 fully saturated rings. The summed E-state index contributed by atoms with van der Waals surface area (Å²) >= 11 is 0. The van der Waals surface area contributed by atoms with E-state index in [0.29, 0.717) is 12.4 Å². The zero-order valence-corrected chi connectivity index (χ0v) is 9.45. The molecule has 1 aromatic carbocycles. The normalized spacial score (nSPS) is 10.4. The van der Waals surface area contributed by atoms with Crippen LogP contribution in [-0.2, 0) is 0 Å². The second kappa shape index (κ2) is 4.26. The molecule has 0 aliphatic rings.